The molecule has 0 spiro atoms. The van der Waals surface area contributed by atoms with Gasteiger partial charge < -0.3 is 5.32 Å². The van der Waals surface area contributed by atoms with Crippen LogP contribution in [-0.4, -0.2) is 36.3 Å². The van der Waals surface area contributed by atoms with E-state index in [1.807, 2.05) is 17.5 Å². The van der Waals surface area contributed by atoms with Crippen molar-refractivity contribution in [2.75, 3.05) is 5.32 Å². The van der Waals surface area contributed by atoms with Crippen LogP contribution in [0.25, 0.3) is 5.69 Å². The van der Waals surface area contributed by atoms with E-state index in [1.54, 1.807) is 0 Å². The van der Waals surface area contributed by atoms with Gasteiger partial charge in [0.25, 0.3) is 5.91 Å². The van der Waals surface area contributed by atoms with Crippen LogP contribution in [0.4, 0.5) is 5.82 Å². The zero-order valence-electron chi connectivity index (χ0n) is 13.4. The number of rotatable bonds is 4. The summed E-state index contributed by atoms with van der Waals surface area (Å²) >= 11 is 1.35. The molecule has 3 aromatic heterocycles. The molecule has 0 radical (unpaired) electrons. The molecule has 3 heterocycles. The molecule has 8 nitrogen and oxygen atoms in total. The molecule has 3 atom stereocenters. The fraction of sp³-hybridized carbons (Fsp3) is 0.438. The summed E-state index contributed by atoms with van der Waals surface area (Å²) in [5.74, 6) is 2.58. The van der Waals surface area contributed by atoms with Crippen LogP contribution in [0.5, 0.6) is 0 Å². The van der Waals surface area contributed by atoms with E-state index in [-0.39, 0.29) is 5.91 Å². The van der Waals surface area contributed by atoms with Gasteiger partial charge in [-0.15, -0.1) is 16.4 Å². The van der Waals surface area contributed by atoms with Gasteiger partial charge in [0, 0.05) is 17.7 Å². The molecule has 2 bridgehead atoms. The normalized spacial score (nSPS) is 24.7. The lowest BCUT2D eigenvalue weighted by atomic mass is 9.86. The fourth-order valence-electron chi connectivity index (χ4n) is 4.31. The average Bonchev–Trinajstić information content (AvgIpc) is 3.43. The number of anilines is 1. The van der Waals surface area contributed by atoms with E-state index in [9.17, 15) is 4.79 Å². The predicted molar refractivity (Wildman–Crippen MR) is 91.8 cm³/mol. The molecule has 2 N–H and O–H groups in total. The molecule has 25 heavy (non-hydrogen) atoms. The molecule has 0 saturated heterocycles. The summed E-state index contributed by atoms with van der Waals surface area (Å²) in [7, 11) is 0. The number of aromatic nitrogens is 6. The van der Waals surface area contributed by atoms with Crippen molar-refractivity contribution in [3.8, 4) is 5.69 Å². The minimum absolute atomic E-state index is 0.202. The molecule has 2 aliphatic carbocycles. The number of tetrazole rings is 1. The third-order valence-electron chi connectivity index (χ3n) is 5.42. The first-order valence-electron chi connectivity index (χ1n) is 8.45. The van der Waals surface area contributed by atoms with Crippen molar-refractivity contribution in [3.05, 3.63) is 34.4 Å². The molecule has 5 rings (SSSR count). The number of nitrogens with zero attached hydrogens (tertiary/aromatic N) is 5. The molecule has 0 aromatic carbocycles. The first-order chi connectivity index (χ1) is 12.3. The Balaban J connectivity index is 1.33. The van der Waals surface area contributed by atoms with Crippen LogP contribution >= 0.6 is 11.3 Å². The van der Waals surface area contributed by atoms with Gasteiger partial charge in [-0.3, -0.25) is 9.89 Å². The van der Waals surface area contributed by atoms with Crippen LogP contribution in [0.3, 0.4) is 0 Å². The fourth-order valence-corrected chi connectivity index (χ4v) is 5.09. The summed E-state index contributed by atoms with van der Waals surface area (Å²) < 4.78 is 1.48. The van der Waals surface area contributed by atoms with Gasteiger partial charge in [-0.1, -0.05) is 6.42 Å². The number of hydrogen-bond acceptors (Lipinski definition) is 6. The predicted octanol–water partition coefficient (Wildman–Crippen LogP) is 2.60. The molecule has 2 fully saturated rings. The number of carbonyl (C=O) groups is 1. The van der Waals surface area contributed by atoms with Gasteiger partial charge in [-0.2, -0.15) is 9.78 Å². The number of nitrogens with one attached hydrogen (secondary N) is 2. The highest BCUT2D eigenvalue weighted by Crippen LogP contribution is 2.52. The van der Waals surface area contributed by atoms with Crippen molar-refractivity contribution in [1.82, 2.24) is 30.4 Å². The molecule has 2 saturated carbocycles. The van der Waals surface area contributed by atoms with Crippen molar-refractivity contribution in [2.45, 2.75) is 31.6 Å². The second-order valence-electron chi connectivity index (χ2n) is 6.83. The Kier molecular flexibility index (Phi) is 3.40. The summed E-state index contributed by atoms with van der Waals surface area (Å²) in [5.41, 5.74) is 1.81. The summed E-state index contributed by atoms with van der Waals surface area (Å²) in [6.07, 6.45) is 6.75. The number of thiophene rings is 1. The molecule has 1 amide bonds. The van der Waals surface area contributed by atoms with Crippen LogP contribution in [0, 0.1) is 11.8 Å². The van der Waals surface area contributed by atoms with E-state index in [0.717, 1.165) is 17.5 Å². The lowest BCUT2D eigenvalue weighted by molar-refractivity contribution is 0.103. The maximum absolute atomic E-state index is 12.6. The maximum Gasteiger partial charge on any atom is 0.269 e. The average molecular weight is 355 g/mol. The monoisotopic (exact) mass is 355 g/mol. The third-order valence-corrected chi connectivity index (χ3v) is 6.33. The van der Waals surface area contributed by atoms with E-state index >= 15 is 0 Å². The number of aromatic amines is 1. The molecule has 0 aliphatic heterocycles. The first kappa shape index (κ1) is 14.8. The van der Waals surface area contributed by atoms with Crippen LogP contribution < -0.4 is 5.32 Å². The van der Waals surface area contributed by atoms with Crippen molar-refractivity contribution < 1.29 is 4.79 Å². The molecule has 3 aromatic rings. The summed E-state index contributed by atoms with van der Waals surface area (Å²) in [5, 5.41) is 23.2. The van der Waals surface area contributed by atoms with E-state index in [2.05, 4.69) is 31.0 Å². The number of amides is 1. The quantitative estimate of drug-likeness (QED) is 0.749. The summed E-state index contributed by atoms with van der Waals surface area (Å²) in [6.45, 7) is 0. The van der Waals surface area contributed by atoms with Crippen LogP contribution in [0.15, 0.2) is 23.8 Å². The van der Waals surface area contributed by atoms with Crippen LogP contribution in [0.2, 0.25) is 0 Å². The minimum Gasteiger partial charge on any atom is -0.304 e. The highest BCUT2D eigenvalue weighted by molar-refractivity contribution is 7.12. The van der Waals surface area contributed by atoms with Crippen molar-refractivity contribution >= 4 is 23.1 Å². The van der Waals surface area contributed by atoms with E-state index < -0.39 is 0 Å². The summed E-state index contributed by atoms with van der Waals surface area (Å²) in [4.78, 5) is 13.2. The van der Waals surface area contributed by atoms with Gasteiger partial charge >= 0.3 is 0 Å². The Bertz CT molecular complexity index is 899. The largest absolute Gasteiger partial charge is 0.304 e. The highest BCUT2D eigenvalue weighted by Gasteiger charge is 2.40. The molecule has 9 heteroatoms. The molecule has 3 unspecified atom stereocenters. The number of carbonyl (C=O) groups excluding carboxylic acids is 1. The van der Waals surface area contributed by atoms with E-state index in [0.29, 0.717) is 22.3 Å². The number of fused-ring (bicyclic) bond motifs is 2. The Hall–Kier alpha value is -2.55. The molecular weight excluding hydrogens is 338 g/mol. The zero-order valence-corrected chi connectivity index (χ0v) is 14.2. The minimum atomic E-state index is -0.202. The third kappa shape index (κ3) is 2.55. The van der Waals surface area contributed by atoms with Crippen LogP contribution in [0.1, 0.15) is 47.0 Å². The van der Waals surface area contributed by atoms with Crippen LogP contribution in [-0.2, 0) is 0 Å². The highest BCUT2D eigenvalue weighted by atomic mass is 32.1. The molecule has 128 valence electrons. The summed E-state index contributed by atoms with van der Waals surface area (Å²) in [6, 6.07) is 3.80. The second kappa shape index (κ2) is 5.76. The van der Waals surface area contributed by atoms with E-state index in [4.69, 9.17) is 0 Å². The Labute approximate surface area is 147 Å². The van der Waals surface area contributed by atoms with Gasteiger partial charge in [0.1, 0.15) is 11.2 Å². The smallest absolute Gasteiger partial charge is 0.269 e. The van der Waals surface area contributed by atoms with Gasteiger partial charge in [-0.25, -0.2) is 0 Å². The van der Waals surface area contributed by atoms with Gasteiger partial charge in [-0.05, 0) is 53.0 Å². The van der Waals surface area contributed by atoms with Crippen molar-refractivity contribution in [3.63, 3.8) is 0 Å². The Morgan fingerprint density at radius 2 is 2.32 bits per heavy atom. The molecular formula is C16H17N7OS. The Morgan fingerprint density at radius 3 is 3.08 bits per heavy atom. The second-order valence-corrected chi connectivity index (χ2v) is 7.75. The lowest BCUT2D eigenvalue weighted by Crippen LogP contribution is -2.13. The van der Waals surface area contributed by atoms with Gasteiger partial charge in [0.15, 0.2) is 5.82 Å². The maximum atomic E-state index is 12.6. The first-order valence-corrected chi connectivity index (χ1v) is 9.33. The SMILES string of the molecule is O=C(Nc1cc(C2CC3CCC2C3)[nH]n1)c1sccc1-n1cnnn1. The van der Waals surface area contributed by atoms with Crippen molar-refractivity contribution in [2.24, 2.45) is 11.8 Å². The zero-order chi connectivity index (χ0) is 16.8. The van der Waals surface area contributed by atoms with Crippen molar-refractivity contribution in [1.29, 1.82) is 0 Å². The van der Waals surface area contributed by atoms with E-state index in [1.165, 1.54) is 48.0 Å². The number of hydrogen-bond donors (Lipinski definition) is 2. The van der Waals surface area contributed by atoms with Gasteiger partial charge in [0.05, 0.1) is 5.69 Å². The topological polar surface area (TPSA) is 101 Å². The molecule has 2 aliphatic rings. The Morgan fingerprint density at radius 1 is 1.36 bits per heavy atom. The lowest BCUT2D eigenvalue weighted by Gasteiger charge is -2.19. The number of H-pyrrole nitrogens is 1. The van der Waals surface area contributed by atoms with Gasteiger partial charge in [0.2, 0.25) is 0 Å². The standard InChI is InChI=1S/C16H17N7OS/c24-16(15-13(3-4-25-15)23-8-17-21-22-23)18-14-7-12(19-20-14)11-6-9-1-2-10(11)5-9/h3-4,7-11H,1-2,5-6H2,(H2,18,19,20,24).